The molecule has 0 heterocycles. The Morgan fingerprint density at radius 3 is 2.47 bits per heavy atom. The van der Waals surface area contributed by atoms with Gasteiger partial charge < -0.3 is 5.11 Å². The second-order valence-corrected chi connectivity index (χ2v) is 12.6. The number of benzene rings is 1. The predicted molar refractivity (Wildman–Crippen MR) is 130 cm³/mol. The maximum Gasteiger partial charge on any atom is 0.162 e. The van der Waals surface area contributed by atoms with Crippen LogP contribution in [0.15, 0.2) is 30.3 Å². The molecule has 0 saturated heterocycles. The van der Waals surface area contributed by atoms with Crippen LogP contribution in [-0.4, -0.2) is 17.0 Å². The molecule has 4 aliphatic carbocycles. The van der Waals surface area contributed by atoms with Crippen LogP contribution in [0.4, 0.5) is 0 Å². The van der Waals surface area contributed by atoms with Gasteiger partial charge in [-0.25, -0.2) is 0 Å². The molecule has 0 aliphatic heterocycles. The highest BCUT2D eigenvalue weighted by Gasteiger charge is 2.60. The Balaban J connectivity index is 1.26. The van der Waals surface area contributed by atoms with Crippen LogP contribution in [0.5, 0.6) is 0 Å². The molecular formula is C30H44O2. The van der Waals surface area contributed by atoms with Crippen LogP contribution in [0.3, 0.4) is 0 Å². The molecule has 0 unspecified atom stereocenters. The zero-order valence-corrected chi connectivity index (χ0v) is 20.6. The van der Waals surface area contributed by atoms with E-state index in [1.807, 2.05) is 30.3 Å². The average Bonchev–Trinajstić information content (AvgIpc) is 3.15. The van der Waals surface area contributed by atoms with Crippen molar-refractivity contribution in [3.05, 3.63) is 35.9 Å². The number of carbonyl (C=O) groups is 1. The first-order chi connectivity index (χ1) is 15.3. The van der Waals surface area contributed by atoms with Crippen molar-refractivity contribution in [2.75, 3.05) is 0 Å². The lowest BCUT2D eigenvalue weighted by molar-refractivity contribution is -0.129. The Morgan fingerprint density at radius 1 is 0.969 bits per heavy atom. The minimum atomic E-state index is -0.0474. The van der Waals surface area contributed by atoms with Gasteiger partial charge in [-0.05, 0) is 111 Å². The van der Waals surface area contributed by atoms with Crippen LogP contribution in [0.1, 0.15) is 102 Å². The highest BCUT2D eigenvalue weighted by Crippen LogP contribution is 2.68. The van der Waals surface area contributed by atoms with Gasteiger partial charge >= 0.3 is 0 Å². The lowest BCUT2D eigenvalue weighted by Crippen LogP contribution is -2.54. The fraction of sp³-hybridized carbons (Fsp3) is 0.767. The number of aliphatic hydroxyl groups is 1. The average molecular weight is 437 g/mol. The van der Waals surface area contributed by atoms with Crippen molar-refractivity contribution in [3.8, 4) is 0 Å². The Bertz CT molecular complexity index is 817. The number of ketones is 1. The van der Waals surface area contributed by atoms with Gasteiger partial charge in [0.05, 0.1) is 6.10 Å². The van der Waals surface area contributed by atoms with E-state index in [4.69, 9.17) is 0 Å². The molecule has 0 aromatic heterocycles. The molecule has 1 aromatic rings. The standard InChI is InChI=1S/C30H44O2/c1-20(9-14-28(32)21-7-5-4-6-8-21)25-12-13-26-24-11-10-22-19-23(31)15-17-29(22,2)27(24)16-18-30(25,26)3/h4-8,20,22-27,31H,9-19H2,1-3H3/t20-,22-,23-,24+,25+,26-,27-,29+,30+/m1/s1. The summed E-state index contributed by atoms with van der Waals surface area (Å²) in [5.74, 6) is 5.11. The van der Waals surface area contributed by atoms with E-state index in [-0.39, 0.29) is 6.10 Å². The van der Waals surface area contributed by atoms with E-state index in [0.29, 0.717) is 29.0 Å². The SMILES string of the molecule is C[C@H](CCC(=O)c1ccccc1)[C@@H]1CC[C@@H]2[C@@H]3CC[C@@H]4C[C@H](O)CC[C@]4(C)[C@@H]3CC[C@]21C. The first kappa shape index (κ1) is 22.6. The summed E-state index contributed by atoms with van der Waals surface area (Å²) in [6.45, 7) is 7.65. The van der Waals surface area contributed by atoms with Crippen molar-refractivity contribution < 1.29 is 9.90 Å². The summed E-state index contributed by atoms with van der Waals surface area (Å²) in [6.07, 6.45) is 13.3. The number of hydrogen-bond acceptors (Lipinski definition) is 2. The fourth-order valence-electron chi connectivity index (χ4n) is 9.54. The normalized spacial score (nSPS) is 44.2. The van der Waals surface area contributed by atoms with Crippen molar-refractivity contribution in [2.45, 2.75) is 97.5 Å². The molecule has 2 nitrogen and oxygen atoms in total. The smallest absolute Gasteiger partial charge is 0.162 e. The molecule has 9 atom stereocenters. The molecule has 0 bridgehead atoms. The highest BCUT2D eigenvalue weighted by molar-refractivity contribution is 5.95. The molecule has 4 fully saturated rings. The van der Waals surface area contributed by atoms with Gasteiger partial charge in [0.2, 0.25) is 0 Å². The van der Waals surface area contributed by atoms with Crippen molar-refractivity contribution >= 4 is 5.78 Å². The number of carbonyl (C=O) groups excluding carboxylic acids is 1. The van der Waals surface area contributed by atoms with Crippen LogP contribution in [0.2, 0.25) is 0 Å². The lowest BCUT2D eigenvalue weighted by Gasteiger charge is -2.61. The second-order valence-electron chi connectivity index (χ2n) is 12.6. The summed E-state index contributed by atoms with van der Waals surface area (Å²) in [6, 6.07) is 9.85. The van der Waals surface area contributed by atoms with Gasteiger partial charge in [-0.2, -0.15) is 0 Å². The quantitative estimate of drug-likeness (QED) is 0.491. The first-order valence-corrected chi connectivity index (χ1v) is 13.6. The summed E-state index contributed by atoms with van der Waals surface area (Å²) in [5, 5.41) is 10.3. The van der Waals surface area contributed by atoms with Gasteiger partial charge in [-0.3, -0.25) is 4.79 Å². The number of hydrogen-bond donors (Lipinski definition) is 1. The summed E-state index contributed by atoms with van der Waals surface area (Å²) >= 11 is 0. The topological polar surface area (TPSA) is 37.3 Å². The van der Waals surface area contributed by atoms with Crippen molar-refractivity contribution in [1.82, 2.24) is 0 Å². The Hall–Kier alpha value is -1.15. The predicted octanol–water partition coefficient (Wildman–Crippen LogP) is 7.31. The van der Waals surface area contributed by atoms with E-state index in [1.54, 1.807) is 0 Å². The molecule has 5 rings (SSSR count). The number of Topliss-reactive ketones (excluding diaryl/α,β-unsaturated/α-hetero) is 1. The molecule has 0 spiro atoms. The molecule has 0 radical (unpaired) electrons. The molecule has 32 heavy (non-hydrogen) atoms. The van der Waals surface area contributed by atoms with E-state index in [0.717, 1.165) is 54.4 Å². The van der Waals surface area contributed by atoms with Crippen LogP contribution in [0, 0.1) is 46.3 Å². The third-order valence-electron chi connectivity index (χ3n) is 11.3. The maximum absolute atomic E-state index is 12.7. The molecule has 4 aliphatic rings. The maximum atomic E-state index is 12.7. The molecule has 4 saturated carbocycles. The molecular weight excluding hydrogens is 392 g/mol. The molecule has 2 heteroatoms. The summed E-state index contributed by atoms with van der Waals surface area (Å²) < 4.78 is 0. The molecule has 176 valence electrons. The van der Waals surface area contributed by atoms with Crippen LogP contribution in [-0.2, 0) is 0 Å². The van der Waals surface area contributed by atoms with E-state index < -0.39 is 0 Å². The molecule has 0 amide bonds. The number of fused-ring (bicyclic) bond motifs is 5. The minimum absolute atomic E-state index is 0.0474. The summed E-state index contributed by atoms with van der Waals surface area (Å²) in [5.41, 5.74) is 1.81. The van der Waals surface area contributed by atoms with E-state index in [2.05, 4.69) is 20.8 Å². The van der Waals surface area contributed by atoms with Gasteiger partial charge in [0.25, 0.3) is 0 Å². The van der Waals surface area contributed by atoms with E-state index in [9.17, 15) is 9.90 Å². The Labute approximate surface area is 195 Å². The number of aliphatic hydroxyl groups excluding tert-OH is 1. The van der Waals surface area contributed by atoms with Gasteiger partial charge in [0.1, 0.15) is 0 Å². The van der Waals surface area contributed by atoms with E-state index >= 15 is 0 Å². The lowest BCUT2D eigenvalue weighted by atomic mass is 9.44. The largest absolute Gasteiger partial charge is 0.393 e. The summed E-state index contributed by atoms with van der Waals surface area (Å²) in [4.78, 5) is 12.7. The third kappa shape index (κ3) is 3.69. The monoisotopic (exact) mass is 436 g/mol. The minimum Gasteiger partial charge on any atom is -0.393 e. The highest BCUT2D eigenvalue weighted by atomic mass is 16.3. The zero-order chi connectivity index (χ0) is 22.5. The van der Waals surface area contributed by atoms with Crippen LogP contribution in [0.25, 0.3) is 0 Å². The van der Waals surface area contributed by atoms with Gasteiger partial charge in [0.15, 0.2) is 5.78 Å². The van der Waals surface area contributed by atoms with Gasteiger partial charge in [0, 0.05) is 12.0 Å². The van der Waals surface area contributed by atoms with Gasteiger partial charge in [-0.15, -0.1) is 0 Å². The molecule has 1 N–H and O–H groups in total. The zero-order valence-electron chi connectivity index (χ0n) is 20.6. The molecule has 1 aromatic carbocycles. The summed E-state index contributed by atoms with van der Waals surface area (Å²) in [7, 11) is 0. The van der Waals surface area contributed by atoms with Crippen molar-refractivity contribution in [1.29, 1.82) is 0 Å². The van der Waals surface area contributed by atoms with Crippen molar-refractivity contribution in [2.24, 2.45) is 46.3 Å². The fourth-order valence-corrected chi connectivity index (χ4v) is 9.54. The van der Waals surface area contributed by atoms with E-state index in [1.165, 1.54) is 44.9 Å². The Kier molecular flexibility index (Phi) is 6.06. The first-order valence-electron chi connectivity index (χ1n) is 13.6. The third-order valence-corrected chi connectivity index (χ3v) is 11.3. The Morgan fingerprint density at radius 2 is 1.69 bits per heavy atom. The number of rotatable bonds is 5. The van der Waals surface area contributed by atoms with Crippen LogP contribution >= 0.6 is 0 Å². The van der Waals surface area contributed by atoms with Crippen molar-refractivity contribution in [3.63, 3.8) is 0 Å². The van der Waals surface area contributed by atoms with Gasteiger partial charge in [-0.1, -0.05) is 51.1 Å². The van der Waals surface area contributed by atoms with Crippen LogP contribution < -0.4 is 0 Å². The second kappa shape index (κ2) is 8.57.